The summed E-state index contributed by atoms with van der Waals surface area (Å²) in [6.45, 7) is 4.73. The number of pyridine rings is 1. The fraction of sp³-hybridized carbons (Fsp3) is 0.182. The number of amides is 1. The van der Waals surface area contributed by atoms with Gasteiger partial charge in [-0.15, -0.1) is 11.3 Å². The van der Waals surface area contributed by atoms with Crippen molar-refractivity contribution in [1.29, 1.82) is 0 Å². The van der Waals surface area contributed by atoms with Crippen molar-refractivity contribution >= 4 is 38.4 Å². The van der Waals surface area contributed by atoms with Crippen molar-refractivity contribution < 1.29 is 4.79 Å². The van der Waals surface area contributed by atoms with Crippen LogP contribution >= 0.6 is 11.3 Å². The second-order valence-electron chi connectivity index (χ2n) is 6.54. The Labute approximate surface area is 156 Å². The van der Waals surface area contributed by atoms with Crippen molar-refractivity contribution in [2.24, 2.45) is 0 Å². The Morgan fingerprint density at radius 2 is 1.77 bits per heavy atom. The third-order valence-electron chi connectivity index (χ3n) is 4.57. The Morgan fingerprint density at radius 1 is 1.00 bits per heavy atom. The summed E-state index contributed by atoms with van der Waals surface area (Å²) in [5.74, 6) is -0.0483. The summed E-state index contributed by atoms with van der Waals surface area (Å²) < 4.78 is 0. The highest BCUT2D eigenvalue weighted by atomic mass is 32.1. The Balaban J connectivity index is 1.55. The van der Waals surface area contributed by atoms with Crippen molar-refractivity contribution in [1.82, 2.24) is 10.3 Å². The van der Waals surface area contributed by atoms with E-state index in [0.717, 1.165) is 33.1 Å². The fourth-order valence-corrected chi connectivity index (χ4v) is 3.95. The smallest absolute Gasteiger partial charge is 0.261 e. The number of benzene rings is 2. The molecule has 2 aromatic heterocycles. The van der Waals surface area contributed by atoms with Crippen LogP contribution in [0.15, 0.2) is 54.6 Å². The summed E-state index contributed by atoms with van der Waals surface area (Å²) in [5, 5.41) is 5.13. The topological polar surface area (TPSA) is 42.0 Å². The molecule has 0 aliphatic carbocycles. The van der Waals surface area contributed by atoms with Gasteiger partial charge in [0.25, 0.3) is 5.91 Å². The number of hydrogen-bond acceptors (Lipinski definition) is 3. The van der Waals surface area contributed by atoms with Gasteiger partial charge in [0.1, 0.15) is 4.83 Å². The molecule has 0 saturated carbocycles. The maximum absolute atomic E-state index is 12.5. The van der Waals surface area contributed by atoms with E-state index >= 15 is 0 Å². The zero-order chi connectivity index (χ0) is 18.1. The number of carbonyl (C=O) groups excluding carboxylic acids is 1. The molecule has 0 aliphatic rings. The van der Waals surface area contributed by atoms with E-state index < -0.39 is 0 Å². The van der Waals surface area contributed by atoms with E-state index in [4.69, 9.17) is 4.98 Å². The molecule has 130 valence electrons. The lowest BCUT2D eigenvalue weighted by Gasteiger charge is -2.04. The fourth-order valence-electron chi connectivity index (χ4n) is 3.01. The van der Waals surface area contributed by atoms with Gasteiger partial charge in [0.2, 0.25) is 0 Å². The van der Waals surface area contributed by atoms with Gasteiger partial charge < -0.3 is 5.32 Å². The quantitative estimate of drug-likeness (QED) is 0.540. The van der Waals surface area contributed by atoms with Gasteiger partial charge in [0, 0.05) is 17.3 Å². The Morgan fingerprint density at radius 3 is 2.54 bits per heavy atom. The maximum atomic E-state index is 12.5. The zero-order valence-corrected chi connectivity index (χ0v) is 15.7. The first kappa shape index (κ1) is 16.7. The van der Waals surface area contributed by atoms with Crippen LogP contribution in [0.1, 0.15) is 33.3 Å². The number of aromatic nitrogens is 1. The average Bonchev–Trinajstić information content (AvgIpc) is 3.07. The van der Waals surface area contributed by atoms with E-state index in [1.165, 1.54) is 22.5 Å². The van der Waals surface area contributed by atoms with Crippen LogP contribution in [0.4, 0.5) is 0 Å². The minimum atomic E-state index is -0.0483. The van der Waals surface area contributed by atoms with E-state index in [0.29, 0.717) is 11.4 Å². The summed E-state index contributed by atoms with van der Waals surface area (Å²) in [5.41, 5.74) is 4.57. The largest absolute Gasteiger partial charge is 0.347 e. The Bertz CT molecular complexity index is 1100. The summed E-state index contributed by atoms with van der Waals surface area (Å²) in [6, 6.07) is 18.6. The molecule has 1 N–H and O–H groups in total. The molecule has 3 nitrogen and oxygen atoms in total. The molecular weight excluding hydrogens is 340 g/mol. The van der Waals surface area contributed by atoms with Crippen molar-refractivity contribution in [2.75, 3.05) is 0 Å². The normalized spacial score (nSPS) is 11.2. The van der Waals surface area contributed by atoms with Gasteiger partial charge in [-0.1, -0.05) is 43.3 Å². The molecule has 0 saturated heterocycles. The monoisotopic (exact) mass is 360 g/mol. The molecule has 0 bridgehead atoms. The van der Waals surface area contributed by atoms with Gasteiger partial charge in [-0.05, 0) is 48.2 Å². The first-order chi connectivity index (χ1) is 12.6. The van der Waals surface area contributed by atoms with Gasteiger partial charge in [-0.2, -0.15) is 0 Å². The molecule has 0 unspecified atom stereocenters. The molecule has 0 fully saturated rings. The van der Waals surface area contributed by atoms with Gasteiger partial charge in [0.05, 0.1) is 10.4 Å². The SMILES string of the molecule is CCc1ccc(CNC(=O)c2cc3cc4ccc(C)cc4nc3s2)cc1. The first-order valence-corrected chi connectivity index (χ1v) is 9.61. The van der Waals surface area contributed by atoms with Crippen LogP contribution < -0.4 is 5.32 Å². The van der Waals surface area contributed by atoms with Crippen LogP contribution in [0.5, 0.6) is 0 Å². The molecule has 4 heteroatoms. The van der Waals surface area contributed by atoms with Crippen LogP contribution in [0.25, 0.3) is 21.1 Å². The van der Waals surface area contributed by atoms with Crippen LogP contribution in [0.2, 0.25) is 0 Å². The van der Waals surface area contributed by atoms with E-state index in [-0.39, 0.29) is 5.91 Å². The van der Waals surface area contributed by atoms with Crippen LogP contribution in [-0.4, -0.2) is 10.9 Å². The summed E-state index contributed by atoms with van der Waals surface area (Å²) in [7, 11) is 0. The van der Waals surface area contributed by atoms with Gasteiger partial charge >= 0.3 is 0 Å². The lowest BCUT2D eigenvalue weighted by Crippen LogP contribution is -2.21. The average molecular weight is 360 g/mol. The zero-order valence-electron chi connectivity index (χ0n) is 14.9. The van der Waals surface area contributed by atoms with E-state index in [2.05, 4.69) is 67.7 Å². The summed E-state index contributed by atoms with van der Waals surface area (Å²) in [4.78, 5) is 18.8. The molecular formula is C22H20N2OS. The standard InChI is InChI=1S/C22H20N2OS/c1-3-15-5-7-16(8-6-15)13-23-21(25)20-12-18-11-17-9-4-14(2)10-19(17)24-22(18)26-20/h4-12H,3,13H2,1-2H3,(H,23,25). The number of nitrogens with zero attached hydrogens (tertiary/aromatic N) is 1. The molecule has 1 amide bonds. The molecule has 26 heavy (non-hydrogen) atoms. The van der Waals surface area contributed by atoms with Gasteiger partial charge in [-0.25, -0.2) is 4.98 Å². The van der Waals surface area contributed by atoms with Gasteiger partial charge in [0.15, 0.2) is 0 Å². The lowest BCUT2D eigenvalue weighted by atomic mass is 10.1. The number of hydrogen-bond donors (Lipinski definition) is 1. The first-order valence-electron chi connectivity index (χ1n) is 8.79. The van der Waals surface area contributed by atoms with E-state index in [9.17, 15) is 4.79 Å². The Kier molecular flexibility index (Phi) is 4.43. The van der Waals surface area contributed by atoms with Gasteiger partial charge in [-0.3, -0.25) is 4.79 Å². The molecule has 2 heterocycles. The molecule has 4 aromatic rings. The maximum Gasteiger partial charge on any atom is 0.261 e. The van der Waals surface area contributed by atoms with E-state index in [1.54, 1.807) is 0 Å². The molecule has 2 aromatic carbocycles. The molecule has 4 rings (SSSR count). The second kappa shape index (κ2) is 6.89. The third-order valence-corrected chi connectivity index (χ3v) is 5.61. The highest BCUT2D eigenvalue weighted by molar-refractivity contribution is 7.20. The lowest BCUT2D eigenvalue weighted by molar-refractivity contribution is 0.0955. The summed E-state index contributed by atoms with van der Waals surface area (Å²) >= 11 is 1.44. The second-order valence-corrected chi connectivity index (χ2v) is 7.57. The molecule has 0 spiro atoms. The Hall–Kier alpha value is -2.72. The highest BCUT2D eigenvalue weighted by Gasteiger charge is 2.12. The van der Waals surface area contributed by atoms with Crippen LogP contribution in [0.3, 0.4) is 0 Å². The van der Waals surface area contributed by atoms with E-state index in [1.807, 2.05) is 6.07 Å². The minimum absolute atomic E-state index is 0.0483. The number of aryl methyl sites for hydroxylation is 2. The molecule has 0 aliphatic heterocycles. The predicted octanol–water partition coefficient (Wildman–Crippen LogP) is 5.25. The van der Waals surface area contributed by atoms with Crippen LogP contribution in [-0.2, 0) is 13.0 Å². The number of rotatable bonds is 4. The summed E-state index contributed by atoms with van der Waals surface area (Å²) in [6.07, 6.45) is 1.02. The van der Waals surface area contributed by atoms with Crippen molar-refractivity contribution in [3.8, 4) is 0 Å². The van der Waals surface area contributed by atoms with Crippen molar-refractivity contribution in [3.63, 3.8) is 0 Å². The third kappa shape index (κ3) is 3.33. The van der Waals surface area contributed by atoms with Crippen molar-refractivity contribution in [3.05, 3.63) is 76.2 Å². The number of thiophene rings is 1. The van der Waals surface area contributed by atoms with Crippen molar-refractivity contribution in [2.45, 2.75) is 26.8 Å². The predicted molar refractivity (Wildman–Crippen MR) is 109 cm³/mol. The number of carbonyl (C=O) groups is 1. The number of fused-ring (bicyclic) bond motifs is 2. The molecule has 0 radical (unpaired) electrons. The molecule has 0 atom stereocenters. The number of nitrogens with one attached hydrogen (secondary N) is 1. The van der Waals surface area contributed by atoms with Crippen LogP contribution in [0, 0.1) is 6.92 Å². The minimum Gasteiger partial charge on any atom is -0.347 e. The highest BCUT2D eigenvalue weighted by Crippen LogP contribution is 2.27.